The molecule has 0 aliphatic carbocycles. The Bertz CT molecular complexity index is 385. The zero-order valence-electron chi connectivity index (χ0n) is 8.06. The second kappa shape index (κ2) is 4.85. The Kier molecular flexibility index (Phi) is 3.75. The maximum Gasteiger partial charge on any atom is 0.367 e. The van der Waals surface area contributed by atoms with Gasteiger partial charge >= 0.3 is 5.69 Å². The number of hydrogen-bond donors (Lipinski definition) is 0. The number of nitrogens with zero attached hydrogens (tertiary/aromatic N) is 3. The van der Waals surface area contributed by atoms with Gasteiger partial charge in [0.1, 0.15) is 6.61 Å². The summed E-state index contributed by atoms with van der Waals surface area (Å²) in [5, 5.41) is 10.3. The fraction of sp³-hybridized carbons (Fsp3) is 0.429. The van der Waals surface area contributed by atoms with Crippen LogP contribution in [0.5, 0.6) is 5.88 Å². The summed E-state index contributed by atoms with van der Waals surface area (Å²) >= 11 is 5.62. The summed E-state index contributed by atoms with van der Waals surface area (Å²) in [5.41, 5.74) is -0.445. The quantitative estimate of drug-likeness (QED) is 0.441. The molecule has 0 aromatic carbocycles. The third-order valence-electron chi connectivity index (χ3n) is 1.51. The molecule has 0 saturated carbocycles. The van der Waals surface area contributed by atoms with Crippen LogP contribution < -0.4 is 4.74 Å². The largest absolute Gasteiger partial charge is 0.476 e. The summed E-state index contributed by atoms with van der Waals surface area (Å²) in [6, 6.07) is 0. The first-order valence-electron chi connectivity index (χ1n) is 3.84. The molecule has 8 heteroatoms. The van der Waals surface area contributed by atoms with Crippen molar-refractivity contribution in [2.45, 2.75) is 6.61 Å². The standard InChI is InChI=1S/C7H8ClN3O4/c1-14-3-4-9-6(8)5(11(12)13)7(10-4)15-2/h3H2,1-2H3. The third-order valence-corrected chi connectivity index (χ3v) is 1.77. The Balaban J connectivity index is 3.24. The molecule has 1 aromatic rings. The monoisotopic (exact) mass is 233 g/mol. The van der Waals surface area contributed by atoms with Gasteiger partial charge < -0.3 is 9.47 Å². The number of aromatic nitrogens is 2. The molecule has 0 atom stereocenters. The minimum atomic E-state index is -0.697. The molecule has 0 radical (unpaired) electrons. The predicted octanol–water partition coefficient (Wildman–Crippen LogP) is 1.19. The van der Waals surface area contributed by atoms with Crippen LogP contribution in [0.4, 0.5) is 5.69 Å². The highest BCUT2D eigenvalue weighted by Gasteiger charge is 2.24. The van der Waals surface area contributed by atoms with E-state index < -0.39 is 10.6 Å². The molecule has 0 amide bonds. The molecule has 7 nitrogen and oxygen atoms in total. The molecule has 1 rings (SSSR count). The summed E-state index contributed by atoms with van der Waals surface area (Å²) in [6.45, 7) is 0.105. The minimum absolute atomic E-state index is 0.105. The molecule has 1 aromatic heterocycles. The van der Waals surface area contributed by atoms with Gasteiger partial charge in [0.2, 0.25) is 5.15 Å². The SMILES string of the molecule is COCc1nc(Cl)c([N+](=O)[O-])c(OC)n1. The third kappa shape index (κ3) is 2.51. The van der Waals surface area contributed by atoms with Crippen LogP contribution >= 0.6 is 11.6 Å². The van der Waals surface area contributed by atoms with Crippen LogP contribution in [-0.4, -0.2) is 29.1 Å². The lowest BCUT2D eigenvalue weighted by atomic mass is 10.5. The molecule has 0 aliphatic rings. The van der Waals surface area contributed by atoms with Crippen molar-refractivity contribution in [3.8, 4) is 5.88 Å². The van der Waals surface area contributed by atoms with Crippen molar-refractivity contribution in [3.05, 3.63) is 21.1 Å². The van der Waals surface area contributed by atoms with Crippen molar-refractivity contribution in [2.75, 3.05) is 14.2 Å². The second-order valence-corrected chi connectivity index (χ2v) is 2.84. The van der Waals surface area contributed by atoms with E-state index >= 15 is 0 Å². The van der Waals surface area contributed by atoms with Gasteiger partial charge in [-0.25, -0.2) is 4.98 Å². The fourth-order valence-corrected chi connectivity index (χ4v) is 1.19. The van der Waals surface area contributed by atoms with Crippen molar-refractivity contribution in [1.82, 2.24) is 9.97 Å². The van der Waals surface area contributed by atoms with E-state index in [-0.39, 0.29) is 23.5 Å². The van der Waals surface area contributed by atoms with E-state index in [9.17, 15) is 10.1 Å². The van der Waals surface area contributed by atoms with Gasteiger partial charge in [0.25, 0.3) is 5.88 Å². The van der Waals surface area contributed by atoms with E-state index in [4.69, 9.17) is 21.1 Å². The lowest BCUT2D eigenvalue weighted by molar-refractivity contribution is -0.386. The number of halogens is 1. The highest BCUT2D eigenvalue weighted by molar-refractivity contribution is 6.31. The number of ether oxygens (including phenoxy) is 2. The first-order valence-corrected chi connectivity index (χ1v) is 4.21. The zero-order valence-corrected chi connectivity index (χ0v) is 8.82. The second-order valence-electron chi connectivity index (χ2n) is 2.48. The number of methoxy groups -OCH3 is 2. The van der Waals surface area contributed by atoms with Gasteiger partial charge in [0, 0.05) is 7.11 Å². The molecule has 0 fully saturated rings. The van der Waals surface area contributed by atoms with E-state index in [1.807, 2.05) is 0 Å². The normalized spacial score (nSPS) is 10.1. The Hall–Kier alpha value is -1.47. The lowest BCUT2D eigenvalue weighted by Gasteiger charge is -2.04. The Morgan fingerprint density at radius 3 is 2.60 bits per heavy atom. The van der Waals surface area contributed by atoms with Gasteiger partial charge in [-0.1, -0.05) is 11.6 Å². The highest BCUT2D eigenvalue weighted by atomic mass is 35.5. The molecule has 0 aliphatic heterocycles. The van der Waals surface area contributed by atoms with E-state index in [0.717, 1.165) is 0 Å². The summed E-state index contributed by atoms with van der Waals surface area (Å²) in [7, 11) is 2.72. The molecule has 0 bridgehead atoms. The molecular weight excluding hydrogens is 226 g/mol. The van der Waals surface area contributed by atoms with E-state index in [2.05, 4.69) is 9.97 Å². The van der Waals surface area contributed by atoms with Crippen LogP contribution in [0.25, 0.3) is 0 Å². The van der Waals surface area contributed by atoms with Crippen LogP contribution in [0.3, 0.4) is 0 Å². The van der Waals surface area contributed by atoms with E-state index in [0.29, 0.717) is 0 Å². The van der Waals surface area contributed by atoms with E-state index in [1.165, 1.54) is 14.2 Å². The van der Waals surface area contributed by atoms with Crippen LogP contribution in [-0.2, 0) is 11.3 Å². The van der Waals surface area contributed by atoms with Gasteiger partial charge in [0.15, 0.2) is 5.82 Å². The predicted molar refractivity (Wildman–Crippen MR) is 51.0 cm³/mol. The minimum Gasteiger partial charge on any atom is -0.476 e. The first kappa shape index (κ1) is 11.6. The molecule has 15 heavy (non-hydrogen) atoms. The van der Waals surface area contributed by atoms with Crippen LogP contribution in [0.2, 0.25) is 5.15 Å². The van der Waals surface area contributed by atoms with Gasteiger partial charge in [-0.05, 0) is 0 Å². The fourth-order valence-electron chi connectivity index (χ4n) is 0.939. The van der Waals surface area contributed by atoms with E-state index in [1.54, 1.807) is 0 Å². The van der Waals surface area contributed by atoms with Crippen molar-refractivity contribution in [1.29, 1.82) is 0 Å². The molecule has 0 saturated heterocycles. The molecule has 0 N–H and O–H groups in total. The molecular formula is C7H8ClN3O4. The van der Waals surface area contributed by atoms with Crippen LogP contribution in [0, 0.1) is 10.1 Å². The Morgan fingerprint density at radius 2 is 2.13 bits per heavy atom. The van der Waals surface area contributed by atoms with Gasteiger partial charge in [0.05, 0.1) is 12.0 Å². The molecule has 82 valence electrons. The summed E-state index contributed by atoms with van der Waals surface area (Å²) in [4.78, 5) is 17.4. The summed E-state index contributed by atoms with van der Waals surface area (Å²) in [6.07, 6.45) is 0. The van der Waals surface area contributed by atoms with Crippen LogP contribution in [0.15, 0.2) is 0 Å². The summed E-state index contributed by atoms with van der Waals surface area (Å²) in [5.74, 6) is 0.0528. The average molecular weight is 234 g/mol. The zero-order chi connectivity index (χ0) is 11.4. The molecule has 0 unspecified atom stereocenters. The summed E-state index contributed by atoms with van der Waals surface area (Å²) < 4.78 is 9.52. The number of nitro groups is 1. The van der Waals surface area contributed by atoms with Crippen molar-refractivity contribution < 1.29 is 14.4 Å². The van der Waals surface area contributed by atoms with Gasteiger partial charge in [-0.15, -0.1) is 0 Å². The van der Waals surface area contributed by atoms with Crippen molar-refractivity contribution >= 4 is 17.3 Å². The Labute approximate surface area is 90.1 Å². The molecule has 1 heterocycles. The van der Waals surface area contributed by atoms with Crippen molar-refractivity contribution in [2.24, 2.45) is 0 Å². The highest BCUT2D eigenvalue weighted by Crippen LogP contribution is 2.30. The van der Waals surface area contributed by atoms with Gasteiger partial charge in [-0.2, -0.15) is 4.98 Å². The Morgan fingerprint density at radius 1 is 1.47 bits per heavy atom. The first-order chi connectivity index (χ1) is 7.10. The van der Waals surface area contributed by atoms with Crippen LogP contribution in [0.1, 0.15) is 5.82 Å². The smallest absolute Gasteiger partial charge is 0.367 e. The van der Waals surface area contributed by atoms with Gasteiger partial charge in [-0.3, -0.25) is 10.1 Å². The average Bonchev–Trinajstić information content (AvgIpc) is 2.16. The topological polar surface area (TPSA) is 87.4 Å². The maximum absolute atomic E-state index is 10.6. The van der Waals surface area contributed by atoms with Crippen molar-refractivity contribution in [3.63, 3.8) is 0 Å². The number of hydrogen-bond acceptors (Lipinski definition) is 6. The number of rotatable bonds is 4. The molecule has 0 spiro atoms. The lowest BCUT2D eigenvalue weighted by Crippen LogP contribution is -2.04. The maximum atomic E-state index is 10.6.